The Labute approximate surface area is 163 Å². The van der Waals surface area contributed by atoms with Crippen molar-refractivity contribution >= 4 is 29.3 Å². The fourth-order valence-corrected chi connectivity index (χ4v) is 4.66. The number of nitrogens with zero attached hydrogens (tertiary/aromatic N) is 5. The molecule has 0 spiro atoms. The van der Waals surface area contributed by atoms with E-state index in [0.717, 1.165) is 42.8 Å². The summed E-state index contributed by atoms with van der Waals surface area (Å²) in [5.41, 5.74) is 2.29. The summed E-state index contributed by atoms with van der Waals surface area (Å²) in [5, 5.41) is 9.52. The minimum absolute atomic E-state index is 0.121. The van der Waals surface area contributed by atoms with Crippen molar-refractivity contribution in [1.29, 1.82) is 0 Å². The number of anilines is 2. The lowest BCUT2D eigenvalue weighted by Gasteiger charge is -2.27. The predicted molar refractivity (Wildman–Crippen MR) is 107 cm³/mol. The summed E-state index contributed by atoms with van der Waals surface area (Å²) in [6, 6.07) is 8.36. The average molecular weight is 388 g/mol. The SMILES string of the molecule is CCn1c(SCC(=O)N2c3ccccc3C[C@H]2C)nnc1N1CCOCC1. The summed E-state index contributed by atoms with van der Waals surface area (Å²) in [6.07, 6.45) is 0.916. The molecular formula is C19H25N5O2S. The Morgan fingerprint density at radius 3 is 2.81 bits per heavy atom. The number of hydrogen-bond donors (Lipinski definition) is 0. The second-order valence-corrected chi connectivity index (χ2v) is 7.80. The van der Waals surface area contributed by atoms with Gasteiger partial charge in [-0.05, 0) is 31.9 Å². The van der Waals surface area contributed by atoms with E-state index < -0.39 is 0 Å². The third-order valence-corrected chi connectivity index (χ3v) is 6.06. The lowest BCUT2D eigenvalue weighted by molar-refractivity contribution is -0.116. The third-order valence-electron chi connectivity index (χ3n) is 5.11. The van der Waals surface area contributed by atoms with Gasteiger partial charge in [-0.1, -0.05) is 30.0 Å². The summed E-state index contributed by atoms with van der Waals surface area (Å²) in [6.45, 7) is 8.03. The zero-order chi connectivity index (χ0) is 18.8. The molecule has 0 N–H and O–H groups in total. The van der Waals surface area contributed by atoms with E-state index in [4.69, 9.17) is 4.74 Å². The van der Waals surface area contributed by atoms with Gasteiger partial charge >= 0.3 is 0 Å². The number of morpholine rings is 1. The number of rotatable bonds is 5. The van der Waals surface area contributed by atoms with E-state index in [9.17, 15) is 4.79 Å². The Balaban J connectivity index is 1.46. The molecule has 144 valence electrons. The molecule has 1 fully saturated rings. The molecule has 4 rings (SSSR count). The first-order valence-corrected chi connectivity index (χ1v) is 10.5. The van der Waals surface area contributed by atoms with Crippen molar-refractivity contribution in [2.45, 2.75) is 38.0 Å². The predicted octanol–water partition coefficient (Wildman–Crippen LogP) is 2.20. The molecule has 2 aromatic rings. The summed E-state index contributed by atoms with van der Waals surface area (Å²) in [4.78, 5) is 17.0. The van der Waals surface area contributed by atoms with Gasteiger partial charge in [-0.15, -0.1) is 10.2 Å². The van der Waals surface area contributed by atoms with Gasteiger partial charge in [0.05, 0.1) is 19.0 Å². The van der Waals surface area contributed by atoms with E-state index in [1.807, 2.05) is 23.1 Å². The molecule has 1 amide bonds. The van der Waals surface area contributed by atoms with E-state index in [2.05, 4.69) is 39.6 Å². The van der Waals surface area contributed by atoms with Crippen LogP contribution in [0.3, 0.4) is 0 Å². The van der Waals surface area contributed by atoms with Crippen molar-refractivity contribution in [2.24, 2.45) is 0 Å². The number of aromatic nitrogens is 3. The number of hydrogen-bond acceptors (Lipinski definition) is 6. The van der Waals surface area contributed by atoms with Crippen molar-refractivity contribution < 1.29 is 9.53 Å². The first-order chi connectivity index (χ1) is 13.2. The maximum absolute atomic E-state index is 12.9. The van der Waals surface area contributed by atoms with E-state index >= 15 is 0 Å². The molecule has 1 aromatic heterocycles. The van der Waals surface area contributed by atoms with E-state index in [-0.39, 0.29) is 11.9 Å². The van der Waals surface area contributed by atoms with Crippen molar-refractivity contribution in [3.8, 4) is 0 Å². The van der Waals surface area contributed by atoms with Gasteiger partial charge < -0.3 is 14.5 Å². The highest BCUT2D eigenvalue weighted by Gasteiger charge is 2.30. The Hall–Kier alpha value is -2.06. The molecule has 1 aromatic carbocycles. The van der Waals surface area contributed by atoms with Crippen LogP contribution in [-0.4, -0.2) is 58.8 Å². The largest absolute Gasteiger partial charge is 0.378 e. The molecule has 8 heteroatoms. The van der Waals surface area contributed by atoms with Gasteiger partial charge in [0, 0.05) is 31.4 Å². The van der Waals surface area contributed by atoms with Crippen molar-refractivity contribution in [2.75, 3.05) is 41.9 Å². The number of benzene rings is 1. The summed E-state index contributed by atoms with van der Waals surface area (Å²) in [7, 11) is 0. The van der Waals surface area contributed by atoms with Crippen LogP contribution in [0.4, 0.5) is 11.6 Å². The van der Waals surface area contributed by atoms with E-state index in [1.54, 1.807) is 0 Å². The number of carbonyl (C=O) groups excluding carboxylic acids is 1. The first-order valence-electron chi connectivity index (χ1n) is 9.47. The highest BCUT2D eigenvalue weighted by atomic mass is 32.2. The molecule has 1 saturated heterocycles. The normalized spacial score (nSPS) is 19.4. The Morgan fingerprint density at radius 2 is 2.04 bits per heavy atom. The number of ether oxygens (including phenoxy) is 1. The van der Waals surface area contributed by atoms with Crippen LogP contribution < -0.4 is 9.80 Å². The Kier molecular flexibility index (Phi) is 5.36. The van der Waals surface area contributed by atoms with Crippen LogP contribution in [0.2, 0.25) is 0 Å². The van der Waals surface area contributed by atoms with Crippen LogP contribution in [0, 0.1) is 0 Å². The van der Waals surface area contributed by atoms with Crippen molar-refractivity contribution in [1.82, 2.24) is 14.8 Å². The van der Waals surface area contributed by atoms with Gasteiger partial charge in [0.2, 0.25) is 11.9 Å². The minimum atomic E-state index is 0.121. The number of amides is 1. The molecule has 1 atom stereocenters. The standard InChI is InChI=1S/C19H25N5O2S/c1-3-23-18(22-8-10-26-11-9-22)20-21-19(23)27-13-17(25)24-14(2)12-15-6-4-5-7-16(15)24/h4-7,14H,3,8-13H2,1-2H3/t14-/m1/s1. The zero-order valence-corrected chi connectivity index (χ0v) is 16.6. The molecule has 2 aliphatic heterocycles. The van der Waals surface area contributed by atoms with Crippen LogP contribution in [0.1, 0.15) is 19.4 Å². The molecule has 0 aliphatic carbocycles. The lowest BCUT2D eigenvalue weighted by atomic mass is 10.1. The molecule has 27 heavy (non-hydrogen) atoms. The van der Waals surface area contributed by atoms with Crippen LogP contribution in [0.25, 0.3) is 0 Å². The van der Waals surface area contributed by atoms with E-state index in [1.165, 1.54) is 17.3 Å². The number of para-hydroxylation sites is 1. The van der Waals surface area contributed by atoms with Crippen molar-refractivity contribution in [3.05, 3.63) is 29.8 Å². The van der Waals surface area contributed by atoms with Crippen LogP contribution in [0.15, 0.2) is 29.4 Å². The smallest absolute Gasteiger partial charge is 0.237 e. The third kappa shape index (κ3) is 3.55. The van der Waals surface area contributed by atoms with Crippen LogP contribution in [0.5, 0.6) is 0 Å². The molecule has 7 nitrogen and oxygen atoms in total. The molecule has 2 aliphatic rings. The molecule has 0 radical (unpaired) electrons. The summed E-state index contributed by atoms with van der Waals surface area (Å²) < 4.78 is 7.51. The van der Waals surface area contributed by atoms with E-state index in [0.29, 0.717) is 19.0 Å². The highest BCUT2D eigenvalue weighted by molar-refractivity contribution is 7.99. The molecule has 0 saturated carbocycles. The maximum atomic E-state index is 12.9. The van der Waals surface area contributed by atoms with Gasteiger partial charge in [-0.25, -0.2) is 0 Å². The second kappa shape index (κ2) is 7.90. The first kappa shape index (κ1) is 18.3. The molecule has 0 bridgehead atoms. The topological polar surface area (TPSA) is 63.5 Å². The average Bonchev–Trinajstić information content (AvgIpc) is 3.26. The fraction of sp³-hybridized carbons (Fsp3) is 0.526. The Bertz CT molecular complexity index is 818. The van der Waals surface area contributed by atoms with Gasteiger partial charge in [0.25, 0.3) is 0 Å². The molecule has 3 heterocycles. The van der Waals surface area contributed by atoms with Gasteiger partial charge in [-0.3, -0.25) is 9.36 Å². The highest BCUT2D eigenvalue weighted by Crippen LogP contribution is 2.33. The quantitative estimate of drug-likeness (QED) is 0.733. The fourth-order valence-electron chi connectivity index (χ4n) is 3.80. The number of carbonyl (C=O) groups is 1. The lowest BCUT2D eigenvalue weighted by Crippen LogP contribution is -2.38. The maximum Gasteiger partial charge on any atom is 0.237 e. The van der Waals surface area contributed by atoms with Crippen LogP contribution >= 0.6 is 11.8 Å². The zero-order valence-electron chi connectivity index (χ0n) is 15.8. The molecule has 0 unspecified atom stereocenters. The Morgan fingerprint density at radius 1 is 1.26 bits per heavy atom. The second-order valence-electron chi connectivity index (χ2n) is 6.86. The summed E-state index contributed by atoms with van der Waals surface area (Å²) in [5.74, 6) is 1.35. The summed E-state index contributed by atoms with van der Waals surface area (Å²) >= 11 is 1.47. The number of thioether (sulfide) groups is 1. The monoisotopic (exact) mass is 387 g/mol. The van der Waals surface area contributed by atoms with Gasteiger partial charge in [0.15, 0.2) is 5.16 Å². The van der Waals surface area contributed by atoms with Crippen LogP contribution in [-0.2, 0) is 22.5 Å². The minimum Gasteiger partial charge on any atom is -0.378 e. The van der Waals surface area contributed by atoms with Gasteiger partial charge in [0.1, 0.15) is 0 Å². The van der Waals surface area contributed by atoms with Gasteiger partial charge in [-0.2, -0.15) is 0 Å². The van der Waals surface area contributed by atoms with Crippen molar-refractivity contribution in [3.63, 3.8) is 0 Å². The number of fused-ring (bicyclic) bond motifs is 1. The molecular weight excluding hydrogens is 362 g/mol.